The number of nitrogens with one attached hydrogen (secondary N) is 1. The number of fused-ring (bicyclic) bond motifs is 1. The highest BCUT2D eigenvalue weighted by atomic mass is 35.5. The van der Waals surface area contributed by atoms with Gasteiger partial charge in [0.25, 0.3) is 0 Å². The van der Waals surface area contributed by atoms with E-state index in [-0.39, 0.29) is 11.2 Å². The van der Waals surface area contributed by atoms with Gasteiger partial charge in [-0.2, -0.15) is 5.10 Å². The predicted molar refractivity (Wildman–Crippen MR) is 126 cm³/mol. The molecule has 0 spiro atoms. The maximum absolute atomic E-state index is 12.5. The normalized spacial score (nSPS) is 16.0. The maximum Gasteiger partial charge on any atom is 0.235 e. The van der Waals surface area contributed by atoms with Crippen LogP contribution in [0.25, 0.3) is 5.69 Å². The summed E-state index contributed by atoms with van der Waals surface area (Å²) in [6.45, 7) is 8.26. The Labute approximate surface area is 186 Å². The summed E-state index contributed by atoms with van der Waals surface area (Å²) < 4.78 is 1.76. The lowest BCUT2D eigenvalue weighted by Crippen LogP contribution is -2.21. The van der Waals surface area contributed by atoms with Crippen molar-refractivity contribution in [2.45, 2.75) is 26.0 Å². The number of amides is 1. The second-order valence-corrected chi connectivity index (χ2v) is 8.71. The van der Waals surface area contributed by atoms with E-state index in [9.17, 15) is 4.79 Å². The summed E-state index contributed by atoms with van der Waals surface area (Å²) in [6, 6.07) is 16.2. The summed E-state index contributed by atoms with van der Waals surface area (Å²) in [4.78, 5) is 14.8. The Morgan fingerprint density at radius 1 is 1.17 bits per heavy atom. The van der Waals surface area contributed by atoms with Gasteiger partial charge in [0.05, 0.1) is 27.4 Å². The van der Waals surface area contributed by atoms with Crippen LogP contribution in [0, 0.1) is 6.92 Å². The molecular weight excluding hydrogens is 416 g/mol. The van der Waals surface area contributed by atoms with Gasteiger partial charge in [0.15, 0.2) is 0 Å². The molecule has 5 nitrogen and oxygen atoms in total. The largest absolute Gasteiger partial charge is 0.372 e. The fraction of sp³-hybridized carbons (Fsp3) is 0.304. The molecule has 1 aliphatic rings. The molecule has 1 amide bonds. The number of hydrogen-bond donors (Lipinski definition) is 1. The van der Waals surface area contributed by atoms with Crippen molar-refractivity contribution in [3.8, 4) is 5.69 Å². The Morgan fingerprint density at radius 3 is 2.53 bits per heavy atom. The third-order valence-corrected chi connectivity index (χ3v) is 7.00. The smallest absolute Gasteiger partial charge is 0.235 e. The first-order chi connectivity index (χ1) is 14.5. The van der Waals surface area contributed by atoms with Crippen LogP contribution in [-0.2, 0) is 4.79 Å². The van der Waals surface area contributed by atoms with Crippen LogP contribution in [0.15, 0.2) is 48.5 Å². The fourth-order valence-electron chi connectivity index (χ4n) is 3.89. The molecule has 1 atom stereocenters. The molecule has 4 rings (SSSR count). The van der Waals surface area contributed by atoms with Crippen LogP contribution in [0.1, 0.15) is 35.9 Å². The number of halogens is 1. The number of para-hydroxylation sites is 1. The minimum absolute atomic E-state index is 0.0148. The zero-order valence-electron chi connectivity index (χ0n) is 17.4. The van der Waals surface area contributed by atoms with Gasteiger partial charge in [0.1, 0.15) is 5.82 Å². The lowest BCUT2D eigenvalue weighted by atomic mass is 10.0. The number of benzene rings is 2. The summed E-state index contributed by atoms with van der Waals surface area (Å²) in [5.74, 6) is 1.06. The molecule has 0 bridgehead atoms. The average molecular weight is 441 g/mol. The molecule has 2 heterocycles. The molecule has 30 heavy (non-hydrogen) atoms. The van der Waals surface area contributed by atoms with Gasteiger partial charge in [-0.25, -0.2) is 4.68 Å². The molecule has 1 aliphatic heterocycles. The zero-order chi connectivity index (χ0) is 21.3. The molecule has 156 valence electrons. The molecule has 0 radical (unpaired) electrons. The third-order valence-electron chi connectivity index (χ3n) is 5.41. The van der Waals surface area contributed by atoms with Gasteiger partial charge in [-0.05, 0) is 50.6 Å². The van der Waals surface area contributed by atoms with Crippen molar-refractivity contribution in [2.24, 2.45) is 0 Å². The number of carbonyl (C=O) groups excluding carboxylic acids is 1. The Kier molecular flexibility index (Phi) is 6.06. The van der Waals surface area contributed by atoms with E-state index < -0.39 is 0 Å². The number of hydrogen-bond acceptors (Lipinski definition) is 4. The summed E-state index contributed by atoms with van der Waals surface area (Å²) in [6.07, 6.45) is 0. The highest BCUT2D eigenvalue weighted by Gasteiger charge is 2.31. The molecule has 0 saturated carbocycles. The molecule has 0 saturated heterocycles. The molecule has 1 aromatic heterocycles. The number of carbonyl (C=O) groups is 1. The molecule has 2 aromatic carbocycles. The van der Waals surface area contributed by atoms with Crippen molar-refractivity contribution in [2.75, 3.05) is 29.1 Å². The number of anilines is 2. The standard InChI is InChI=1S/C23H25ClN4OS/c1-4-27(5-2)17-12-10-16(11-13-17)22-21-15(3)26-28(19-9-7-6-8-18(19)24)23(21)25-20(29)14-30-22/h6-13,22H,4-5,14H2,1-3H3,(H,25,29)/t22-/m0/s1. The fourth-order valence-corrected chi connectivity index (χ4v) is 5.30. The Hall–Kier alpha value is -2.44. The average Bonchev–Trinajstić information content (AvgIpc) is 2.95. The first-order valence-electron chi connectivity index (χ1n) is 10.1. The van der Waals surface area contributed by atoms with Crippen LogP contribution in [0.2, 0.25) is 5.02 Å². The number of aryl methyl sites for hydroxylation is 1. The lowest BCUT2D eigenvalue weighted by Gasteiger charge is -2.22. The highest BCUT2D eigenvalue weighted by Crippen LogP contribution is 2.44. The highest BCUT2D eigenvalue weighted by molar-refractivity contribution is 8.00. The van der Waals surface area contributed by atoms with Gasteiger partial charge in [0.2, 0.25) is 5.91 Å². The molecule has 0 unspecified atom stereocenters. The van der Waals surface area contributed by atoms with Gasteiger partial charge >= 0.3 is 0 Å². The summed E-state index contributed by atoms with van der Waals surface area (Å²) in [7, 11) is 0. The molecule has 7 heteroatoms. The van der Waals surface area contributed by atoms with Gasteiger partial charge < -0.3 is 10.2 Å². The second-order valence-electron chi connectivity index (χ2n) is 7.21. The zero-order valence-corrected chi connectivity index (χ0v) is 18.9. The summed E-state index contributed by atoms with van der Waals surface area (Å²) >= 11 is 8.06. The monoisotopic (exact) mass is 440 g/mol. The van der Waals surface area contributed by atoms with E-state index in [1.165, 1.54) is 5.69 Å². The number of rotatable bonds is 5. The minimum atomic E-state index is -0.0308. The third kappa shape index (κ3) is 3.82. The number of thioether (sulfide) groups is 1. The second kappa shape index (κ2) is 8.74. The van der Waals surface area contributed by atoms with Crippen molar-refractivity contribution in [1.82, 2.24) is 9.78 Å². The van der Waals surface area contributed by atoms with Crippen LogP contribution in [0.4, 0.5) is 11.5 Å². The first-order valence-corrected chi connectivity index (χ1v) is 11.6. The van der Waals surface area contributed by atoms with Crippen molar-refractivity contribution >= 4 is 40.8 Å². The van der Waals surface area contributed by atoms with Crippen LogP contribution in [0.5, 0.6) is 0 Å². The number of nitrogens with zero attached hydrogens (tertiary/aromatic N) is 3. The van der Waals surface area contributed by atoms with Gasteiger partial charge in [-0.15, -0.1) is 11.8 Å². The van der Waals surface area contributed by atoms with E-state index in [0.717, 1.165) is 35.6 Å². The van der Waals surface area contributed by atoms with E-state index in [2.05, 4.69) is 48.3 Å². The van der Waals surface area contributed by atoms with Crippen molar-refractivity contribution in [3.63, 3.8) is 0 Å². The van der Waals surface area contributed by atoms with E-state index in [1.54, 1.807) is 16.4 Å². The van der Waals surface area contributed by atoms with E-state index >= 15 is 0 Å². The van der Waals surface area contributed by atoms with Crippen molar-refractivity contribution < 1.29 is 4.79 Å². The topological polar surface area (TPSA) is 50.2 Å². The summed E-state index contributed by atoms with van der Waals surface area (Å²) in [5.41, 5.74) is 5.04. The van der Waals surface area contributed by atoms with Crippen LogP contribution in [0.3, 0.4) is 0 Å². The predicted octanol–water partition coefficient (Wildman–Crippen LogP) is 5.46. The van der Waals surface area contributed by atoms with Gasteiger partial charge in [-0.3, -0.25) is 4.79 Å². The molecule has 3 aromatic rings. The summed E-state index contributed by atoms with van der Waals surface area (Å²) in [5, 5.41) is 8.41. The van der Waals surface area contributed by atoms with E-state index in [4.69, 9.17) is 16.7 Å². The Morgan fingerprint density at radius 2 is 1.87 bits per heavy atom. The van der Waals surface area contributed by atoms with Crippen LogP contribution < -0.4 is 10.2 Å². The molecule has 1 N–H and O–H groups in total. The van der Waals surface area contributed by atoms with Crippen LogP contribution in [-0.4, -0.2) is 34.5 Å². The quantitative estimate of drug-likeness (QED) is 0.572. The SMILES string of the molecule is CCN(CC)c1ccc([C@@H]2SCC(=O)Nc3c2c(C)nn3-c2ccccc2Cl)cc1. The first kappa shape index (κ1) is 20.8. The van der Waals surface area contributed by atoms with E-state index in [0.29, 0.717) is 16.6 Å². The van der Waals surface area contributed by atoms with Crippen molar-refractivity contribution in [3.05, 3.63) is 70.4 Å². The van der Waals surface area contributed by atoms with E-state index in [1.807, 2.05) is 31.2 Å². The molecule has 0 fully saturated rings. The van der Waals surface area contributed by atoms with Gasteiger partial charge in [-0.1, -0.05) is 35.9 Å². The Balaban J connectivity index is 1.80. The lowest BCUT2D eigenvalue weighted by molar-refractivity contribution is -0.113. The maximum atomic E-state index is 12.5. The van der Waals surface area contributed by atoms with Gasteiger partial charge in [0, 0.05) is 24.3 Å². The molecule has 0 aliphatic carbocycles. The van der Waals surface area contributed by atoms with Crippen molar-refractivity contribution in [1.29, 1.82) is 0 Å². The van der Waals surface area contributed by atoms with Crippen LogP contribution >= 0.6 is 23.4 Å². The number of aromatic nitrogens is 2. The Bertz CT molecular complexity index is 1060. The molecular formula is C23H25ClN4OS. The minimum Gasteiger partial charge on any atom is -0.372 e.